The minimum atomic E-state index is 0.725. The van der Waals surface area contributed by atoms with Crippen molar-refractivity contribution in [2.75, 3.05) is 13.1 Å². The number of fused-ring (bicyclic) bond motifs is 1. The van der Waals surface area contributed by atoms with Gasteiger partial charge in [-0.25, -0.2) is 9.97 Å². The van der Waals surface area contributed by atoms with Gasteiger partial charge in [0.25, 0.3) is 0 Å². The number of hydrogen-bond donors (Lipinski definition) is 3. The van der Waals surface area contributed by atoms with E-state index in [9.17, 15) is 0 Å². The fourth-order valence-corrected chi connectivity index (χ4v) is 1.50. The second-order valence-corrected chi connectivity index (χ2v) is 3.39. The van der Waals surface area contributed by atoms with Crippen LogP contribution in [0.4, 0.5) is 0 Å². The monoisotopic (exact) mass is 205 g/mol. The first-order valence-corrected chi connectivity index (χ1v) is 5.09. The van der Waals surface area contributed by atoms with Crippen LogP contribution in [0.1, 0.15) is 12.0 Å². The van der Waals surface area contributed by atoms with Crippen molar-refractivity contribution in [3.05, 3.63) is 24.2 Å². The van der Waals surface area contributed by atoms with Crippen molar-refractivity contribution in [3.8, 4) is 0 Å². The lowest BCUT2D eigenvalue weighted by molar-refractivity contribution is 0.657. The van der Waals surface area contributed by atoms with E-state index in [1.54, 1.807) is 12.5 Å². The average molecular weight is 205 g/mol. The summed E-state index contributed by atoms with van der Waals surface area (Å²) < 4.78 is 0. The van der Waals surface area contributed by atoms with Crippen LogP contribution in [0.2, 0.25) is 0 Å². The summed E-state index contributed by atoms with van der Waals surface area (Å²) in [5.41, 5.74) is 8.39. The molecular formula is C10H15N5. The highest BCUT2D eigenvalue weighted by atomic mass is 15.0. The van der Waals surface area contributed by atoms with Crippen LogP contribution >= 0.6 is 0 Å². The van der Waals surface area contributed by atoms with Gasteiger partial charge in [-0.2, -0.15) is 0 Å². The van der Waals surface area contributed by atoms with Crippen LogP contribution in [0.25, 0.3) is 11.2 Å². The highest BCUT2D eigenvalue weighted by Gasteiger charge is 2.02. The molecule has 5 nitrogen and oxygen atoms in total. The number of nitrogens with zero attached hydrogens (tertiary/aromatic N) is 2. The van der Waals surface area contributed by atoms with E-state index in [1.165, 1.54) is 5.56 Å². The largest absolute Gasteiger partial charge is 0.343 e. The van der Waals surface area contributed by atoms with E-state index in [0.717, 1.165) is 37.2 Å². The van der Waals surface area contributed by atoms with Crippen molar-refractivity contribution in [3.63, 3.8) is 0 Å². The Balaban J connectivity index is 2.04. The number of rotatable bonds is 5. The summed E-state index contributed by atoms with van der Waals surface area (Å²) in [7, 11) is 0. The van der Waals surface area contributed by atoms with Gasteiger partial charge >= 0.3 is 0 Å². The molecule has 80 valence electrons. The number of nitrogens with one attached hydrogen (secondary N) is 2. The van der Waals surface area contributed by atoms with Gasteiger partial charge in [0.15, 0.2) is 5.65 Å². The molecule has 2 aromatic heterocycles. The van der Waals surface area contributed by atoms with Crippen molar-refractivity contribution in [2.45, 2.75) is 13.0 Å². The molecule has 2 rings (SSSR count). The zero-order chi connectivity index (χ0) is 10.5. The minimum Gasteiger partial charge on any atom is -0.343 e. The molecule has 2 aromatic rings. The Bertz CT molecular complexity index is 422. The summed E-state index contributed by atoms with van der Waals surface area (Å²) in [4.78, 5) is 11.4. The normalized spacial score (nSPS) is 11.0. The zero-order valence-electron chi connectivity index (χ0n) is 8.53. The van der Waals surface area contributed by atoms with Crippen molar-refractivity contribution in [1.29, 1.82) is 0 Å². The first kappa shape index (κ1) is 10.1. The van der Waals surface area contributed by atoms with Crippen molar-refractivity contribution >= 4 is 11.2 Å². The maximum absolute atomic E-state index is 5.42. The Labute approximate surface area is 88.1 Å². The van der Waals surface area contributed by atoms with E-state index in [0.29, 0.717) is 0 Å². The van der Waals surface area contributed by atoms with Crippen molar-refractivity contribution in [1.82, 2.24) is 20.3 Å². The molecule has 0 unspecified atom stereocenters. The third-order valence-corrected chi connectivity index (χ3v) is 2.29. The SMILES string of the molecule is NCCCNCc1ccnc2nc[nH]c12. The Hall–Kier alpha value is -1.46. The maximum Gasteiger partial charge on any atom is 0.177 e. The van der Waals surface area contributed by atoms with Crippen molar-refractivity contribution in [2.24, 2.45) is 5.73 Å². The van der Waals surface area contributed by atoms with Crippen LogP contribution in [-0.2, 0) is 6.54 Å². The molecule has 0 aromatic carbocycles. The predicted molar refractivity (Wildman–Crippen MR) is 59.3 cm³/mol. The molecule has 0 aliphatic carbocycles. The van der Waals surface area contributed by atoms with Gasteiger partial charge in [-0.05, 0) is 31.1 Å². The molecule has 0 amide bonds. The zero-order valence-corrected chi connectivity index (χ0v) is 8.53. The van der Waals surface area contributed by atoms with Gasteiger partial charge in [0.2, 0.25) is 0 Å². The number of imidazole rings is 1. The van der Waals surface area contributed by atoms with Gasteiger partial charge in [0, 0.05) is 12.7 Å². The molecule has 0 radical (unpaired) electrons. The molecule has 2 heterocycles. The van der Waals surface area contributed by atoms with E-state index in [2.05, 4.69) is 20.3 Å². The maximum atomic E-state index is 5.42. The third kappa shape index (κ3) is 2.31. The standard InChI is InChI=1S/C10H15N5/c11-3-1-4-12-6-8-2-5-13-10-9(8)14-7-15-10/h2,5,7,12H,1,3-4,6,11H2,(H,13,14,15). The highest BCUT2D eigenvalue weighted by molar-refractivity contribution is 5.73. The second kappa shape index (κ2) is 4.86. The Kier molecular flexibility index (Phi) is 3.26. The van der Waals surface area contributed by atoms with E-state index in [1.807, 2.05) is 6.07 Å². The fraction of sp³-hybridized carbons (Fsp3) is 0.400. The van der Waals surface area contributed by atoms with Crippen LogP contribution in [0.3, 0.4) is 0 Å². The molecular weight excluding hydrogens is 190 g/mol. The summed E-state index contributed by atoms with van der Waals surface area (Å²) in [5.74, 6) is 0. The van der Waals surface area contributed by atoms with E-state index in [-0.39, 0.29) is 0 Å². The lowest BCUT2D eigenvalue weighted by Gasteiger charge is -2.04. The van der Waals surface area contributed by atoms with Gasteiger partial charge in [-0.15, -0.1) is 0 Å². The molecule has 4 N–H and O–H groups in total. The van der Waals surface area contributed by atoms with E-state index in [4.69, 9.17) is 5.73 Å². The average Bonchev–Trinajstić information content (AvgIpc) is 2.73. The summed E-state index contributed by atoms with van der Waals surface area (Å²) in [6, 6.07) is 2.00. The Morgan fingerprint density at radius 3 is 3.20 bits per heavy atom. The number of nitrogens with two attached hydrogens (primary N) is 1. The lowest BCUT2D eigenvalue weighted by Crippen LogP contribution is -2.17. The van der Waals surface area contributed by atoms with Crippen LogP contribution in [0.5, 0.6) is 0 Å². The predicted octanol–water partition coefficient (Wildman–Crippen LogP) is 0.396. The van der Waals surface area contributed by atoms with Crippen LogP contribution in [0, 0.1) is 0 Å². The summed E-state index contributed by atoms with van der Waals surface area (Å²) in [6.45, 7) is 2.48. The summed E-state index contributed by atoms with van der Waals surface area (Å²) >= 11 is 0. The first-order valence-electron chi connectivity index (χ1n) is 5.09. The van der Waals surface area contributed by atoms with Crippen LogP contribution in [0.15, 0.2) is 18.6 Å². The van der Waals surface area contributed by atoms with Gasteiger partial charge in [-0.3, -0.25) is 0 Å². The van der Waals surface area contributed by atoms with Crippen molar-refractivity contribution < 1.29 is 0 Å². The molecule has 0 aliphatic heterocycles. The number of aromatic amines is 1. The molecule has 0 bridgehead atoms. The van der Waals surface area contributed by atoms with Gasteiger partial charge in [0.1, 0.15) is 0 Å². The lowest BCUT2D eigenvalue weighted by atomic mass is 10.2. The number of aromatic nitrogens is 3. The number of H-pyrrole nitrogens is 1. The summed E-state index contributed by atoms with van der Waals surface area (Å²) in [5, 5.41) is 3.33. The number of pyridine rings is 1. The van der Waals surface area contributed by atoms with Crippen LogP contribution < -0.4 is 11.1 Å². The van der Waals surface area contributed by atoms with Gasteiger partial charge in [0.05, 0.1) is 11.8 Å². The molecule has 0 spiro atoms. The van der Waals surface area contributed by atoms with Crippen LogP contribution in [-0.4, -0.2) is 28.0 Å². The minimum absolute atomic E-state index is 0.725. The first-order chi connectivity index (χ1) is 7.42. The topological polar surface area (TPSA) is 79.6 Å². The number of hydrogen-bond acceptors (Lipinski definition) is 4. The van der Waals surface area contributed by atoms with E-state index >= 15 is 0 Å². The third-order valence-electron chi connectivity index (χ3n) is 2.29. The van der Waals surface area contributed by atoms with E-state index < -0.39 is 0 Å². The quantitative estimate of drug-likeness (QED) is 0.617. The molecule has 5 heteroatoms. The molecule has 0 atom stereocenters. The molecule has 0 saturated carbocycles. The Morgan fingerprint density at radius 1 is 1.40 bits per heavy atom. The smallest absolute Gasteiger partial charge is 0.177 e. The highest BCUT2D eigenvalue weighted by Crippen LogP contribution is 2.11. The Morgan fingerprint density at radius 2 is 2.33 bits per heavy atom. The fourth-order valence-electron chi connectivity index (χ4n) is 1.50. The summed E-state index contributed by atoms with van der Waals surface area (Å²) in [6.07, 6.45) is 4.45. The molecule has 0 fully saturated rings. The molecule has 15 heavy (non-hydrogen) atoms. The molecule has 0 aliphatic rings. The molecule has 0 saturated heterocycles. The second-order valence-electron chi connectivity index (χ2n) is 3.39. The van der Waals surface area contributed by atoms with Gasteiger partial charge < -0.3 is 16.0 Å². The van der Waals surface area contributed by atoms with Gasteiger partial charge in [-0.1, -0.05) is 0 Å².